The van der Waals surface area contributed by atoms with E-state index >= 15 is 0 Å². The van der Waals surface area contributed by atoms with Crippen LogP contribution in [0, 0.1) is 12.3 Å². The molecule has 0 amide bonds. The van der Waals surface area contributed by atoms with E-state index in [4.69, 9.17) is 15.9 Å². The molecule has 92 valence electrons. The van der Waals surface area contributed by atoms with Crippen molar-refractivity contribution in [3.8, 4) is 23.8 Å². The van der Waals surface area contributed by atoms with E-state index in [-0.39, 0.29) is 11.5 Å². The fourth-order valence-electron chi connectivity index (χ4n) is 1.40. The Balaban J connectivity index is 2.98. The Morgan fingerprint density at radius 3 is 2.41 bits per heavy atom. The summed E-state index contributed by atoms with van der Waals surface area (Å²) in [5.74, 6) is 2.83. The zero-order valence-corrected chi connectivity index (χ0v) is 10.6. The minimum Gasteiger partial charge on any atom is -0.493 e. The van der Waals surface area contributed by atoms with Gasteiger partial charge in [0.1, 0.15) is 5.75 Å². The van der Waals surface area contributed by atoms with Crippen molar-refractivity contribution in [3.63, 3.8) is 0 Å². The third-order valence-corrected chi connectivity index (χ3v) is 3.52. The van der Waals surface area contributed by atoms with Crippen molar-refractivity contribution in [3.05, 3.63) is 23.8 Å². The minimum absolute atomic E-state index is 0.0996. The third kappa shape index (κ3) is 3.68. The third-order valence-electron chi connectivity index (χ3n) is 2.14. The zero-order chi connectivity index (χ0) is 12.9. The van der Waals surface area contributed by atoms with Crippen molar-refractivity contribution >= 4 is 9.84 Å². The number of ether oxygens (including phenoxy) is 2. The fraction of sp³-hybridized carbons (Fsp3) is 0.333. The van der Waals surface area contributed by atoms with Gasteiger partial charge in [-0.2, -0.15) is 0 Å². The largest absolute Gasteiger partial charge is 0.493 e. The first kappa shape index (κ1) is 13.4. The second kappa shape index (κ2) is 5.60. The van der Waals surface area contributed by atoms with Crippen LogP contribution < -0.4 is 9.47 Å². The van der Waals surface area contributed by atoms with Crippen molar-refractivity contribution in [2.45, 2.75) is 5.75 Å². The van der Waals surface area contributed by atoms with E-state index in [2.05, 4.69) is 5.92 Å². The standard InChI is InChI=1S/C12H14O4S/c1-4-7-17(13,14)9-10-5-6-11(15-2)12(8-10)16-3/h1,5-6,8H,7,9H2,2-3H3. The highest BCUT2D eigenvalue weighted by Crippen LogP contribution is 2.28. The summed E-state index contributed by atoms with van der Waals surface area (Å²) in [5, 5.41) is 0. The van der Waals surface area contributed by atoms with Gasteiger partial charge in [0.15, 0.2) is 21.3 Å². The van der Waals surface area contributed by atoms with E-state index < -0.39 is 9.84 Å². The van der Waals surface area contributed by atoms with Crippen molar-refractivity contribution in [2.24, 2.45) is 0 Å². The molecular weight excluding hydrogens is 240 g/mol. The average molecular weight is 254 g/mol. The van der Waals surface area contributed by atoms with Gasteiger partial charge in [-0.15, -0.1) is 6.42 Å². The number of hydrogen-bond donors (Lipinski definition) is 0. The van der Waals surface area contributed by atoms with Crippen molar-refractivity contribution in [1.82, 2.24) is 0 Å². The van der Waals surface area contributed by atoms with Gasteiger partial charge < -0.3 is 9.47 Å². The van der Waals surface area contributed by atoms with Crippen molar-refractivity contribution in [2.75, 3.05) is 20.0 Å². The Hall–Kier alpha value is -1.67. The number of hydrogen-bond acceptors (Lipinski definition) is 4. The maximum atomic E-state index is 11.5. The lowest BCUT2D eigenvalue weighted by Crippen LogP contribution is -2.07. The Bertz CT molecular complexity index is 526. The molecule has 17 heavy (non-hydrogen) atoms. The molecule has 0 aliphatic heterocycles. The summed E-state index contributed by atoms with van der Waals surface area (Å²) in [4.78, 5) is 0. The molecule has 0 saturated carbocycles. The molecule has 0 spiro atoms. The second-order valence-electron chi connectivity index (χ2n) is 3.43. The lowest BCUT2D eigenvalue weighted by molar-refractivity contribution is 0.354. The van der Waals surface area contributed by atoms with Gasteiger partial charge in [-0.1, -0.05) is 12.0 Å². The Morgan fingerprint density at radius 1 is 1.24 bits per heavy atom. The summed E-state index contributed by atoms with van der Waals surface area (Å²) < 4.78 is 33.2. The summed E-state index contributed by atoms with van der Waals surface area (Å²) in [5.41, 5.74) is 0.623. The van der Waals surface area contributed by atoms with E-state index in [1.807, 2.05) is 0 Å². The van der Waals surface area contributed by atoms with Gasteiger partial charge in [-0.25, -0.2) is 8.42 Å². The van der Waals surface area contributed by atoms with Crippen LogP contribution in [0.25, 0.3) is 0 Å². The fourth-order valence-corrected chi connectivity index (χ4v) is 2.45. The predicted octanol–water partition coefficient (Wildman–Crippen LogP) is 1.25. The first-order chi connectivity index (χ1) is 8.02. The summed E-state index contributed by atoms with van der Waals surface area (Å²) in [7, 11) is -0.244. The Kier molecular flexibility index (Phi) is 4.41. The average Bonchev–Trinajstić information content (AvgIpc) is 2.28. The summed E-state index contributed by atoms with van der Waals surface area (Å²) >= 11 is 0. The molecule has 0 unspecified atom stereocenters. The molecule has 0 saturated heterocycles. The van der Waals surface area contributed by atoms with Crippen LogP contribution in [-0.4, -0.2) is 28.4 Å². The molecule has 0 radical (unpaired) electrons. The highest BCUT2D eigenvalue weighted by molar-refractivity contribution is 7.90. The van der Waals surface area contributed by atoms with Crippen molar-refractivity contribution in [1.29, 1.82) is 0 Å². The minimum atomic E-state index is -3.26. The molecule has 0 fully saturated rings. The highest BCUT2D eigenvalue weighted by atomic mass is 32.2. The molecule has 5 heteroatoms. The topological polar surface area (TPSA) is 52.6 Å². The van der Waals surface area contributed by atoms with Gasteiger partial charge in [0.25, 0.3) is 0 Å². The number of rotatable bonds is 5. The van der Waals surface area contributed by atoms with E-state index in [9.17, 15) is 8.42 Å². The van der Waals surface area contributed by atoms with Gasteiger partial charge >= 0.3 is 0 Å². The molecule has 0 aliphatic carbocycles. The summed E-state index contributed by atoms with van der Waals surface area (Å²) in [6.45, 7) is 0. The first-order valence-electron chi connectivity index (χ1n) is 4.87. The molecule has 0 atom stereocenters. The molecule has 0 bridgehead atoms. The van der Waals surface area contributed by atoms with Crippen LogP contribution in [0.3, 0.4) is 0 Å². The molecular formula is C12H14O4S. The number of methoxy groups -OCH3 is 2. The van der Waals surface area contributed by atoms with E-state index in [0.29, 0.717) is 17.1 Å². The number of benzene rings is 1. The van der Waals surface area contributed by atoms with E-state index in [0.717, 1.165) is 0 Å². The Morgan fingerprint density at radius 2 is 1.88 bits per heavy atom. The molecule has 0 aliphatic rings. The lowest BCUT2D eigenvalue weighted by Gasteiger charge is -2.09. The van der Waals surface area contributed by atoms with Crippen molar-refractivity contribution < 1.29 is 17.9 Å². The zero-order valence-electron chi connectivity index (χ0n) is 9.76. The van der Waals surface area contributed by atoms with Crippen LogP contribution in [0.1, 0.15) is 5.56 Å². The summed E-state index contributed by atoms with van der Waals surface area (Å²) in [6.07, 6.45) is 5.00. The maximum Gasteiger partial charge on any atom is 0.165 e. The molecule has 1 rings (SSSR count). The van der Waals surface area contributed by atoms with E-state index in [1.54, 1.807) is 18.2 Å². The van der Waals surface area contributed by atoms with Crippen LogP contribution in [0.2, 0.25) is 0 Å². The molecule has 1 aromatic carbocycles. The van der Waals surface area contributed by atoms with Crippen LogP contribution in [0.15, 0.2) is 18.2 Å². The maximum absolute atomic E-state index is 11.5. The van der Waals surface area contributed by atoms with Gasteiger partial charge in [-0.05, 0) is 17.7 Å². The predicted molar refractivity (Wildman–Crippen MR) is 65.9 cm³/mol. The van der Waals surface area contributed by atoms with Gasteiger partial charge in [0, 0.05) is 0 Å². The molecule has 0 heterocycles. The molecule has 4 nitrogen and oxygen atoms in total. The Labute approximate surface area is 101 Å². The molecule has 0 aromatic heterocycles. The van der Waals surface area contributed by atoms with Gasteiger partial charge in [0.05, 0.1) is 20.0 Å². The first-order valence-corrected chi connectivity index (χ1v) is 6.69. The highest BCUT2D eigenvalue weighted by Gasteiger charge is 2.12. The van der Waals surface area contributed by atoms with Gasteiger partial charge in [0.2, 0.25) is 0 Å². The normalized spacial score (nSPS) is 10.6. The molecule has 1 aromatic rings. The summed E-state index contributed by atoms with van der Waals surface area (Å²) in [6, 6.07) is 4.97. The monoisotopic (exact) mass is 254 g/mol. The number of terminal acetylenes is 1. The van der Waals surface area contributed by atoms with Crippen LogP contribution >= 0.6 is 0 Å². The van der Waals surface area contributed by atoms with E-state index in [1.165, 1.54) is 14.2 Å². The lowest BCUT2D eigenvalue weighted by atomic mass is 10.2. The second-order valence-corrected chi connectivity index (χ2v) is 5.49. The molecule has 0 N–H and O–H groups in total. The van der Waals surface area contributed by atoms with Gasteiger partial charge in [-0.3, -0.25) is 0 Å². The van der Waals surface area contributed by atoms with Crippen LogP contribution in [-0.2, 0) is 15.6 Å². The van der Waals surface area contributed by atoms with Crippen LogP contribution in [0.5, 0.6) is 11.5 Å². The smallest absolute Gasteiger partial charge is 0.165 e. The quantitative estimate of drug-likeness (QED) is 0.742. The SMILES string of the molecule is C#CCS(=O)(=O)Cc1ccc(OC)c(OC)c1. The van der Waals surface area contributed by atoms with Crippen LogP contribution in [0.4, 0.5) is 0 Å². The number of sulfone groups is 1.